The van der Waals surface area contributed by atoms with E-state index in [1.807, 2.05) is 36.4 Å². The van der Waals surface area contributed by atoms with E-state index in [9.17, 15) is 0 Å². The van der Waals surface area contributed by atoms with Gasteiger partial charge in [-0.2, -0.15) is 0 Å². The third-order valence-electron chi connectivity index (χ3n) is 3.46. The molecule has 0 saturated heterocycles. The van der Waals surface area contributed by atoms with Gasteiger partial charge in [-0.1, -0.05) is 22.0 Å². The minimum atomic E-state index is 0.581. The number of halogens is 1. The van der Waals surface area contributed by atoms with Crippen LogP contribution in [0.1, 0.15) is 5.56 Å². The van der Waals surface area contributed by atoms with Crippen molar-refractivity contribution in [2.45, 2.75) is 6.54 Å². The van der Waals surface area contributed by atoms with Crippen LogP contribution in [-0.4, -0.2) is 34.5 Å². The summed E-state index contributed by atoms with van der Waals surface area (Å²) in [5, 5.41) is 3.34. The molecule has 0 aliphatic carbocycles. The van der Waals surface area contributed by atoms with Gasteiger partial charge in [0.25, 0.3) is 0 Å². The van der Waals surface area contributed by atoms with Gasteiger partial charge in [-0.05, 0) is 30.3 Å². The number of hydrogen-bond donors (Lipinski definition) is 1. The van der Waals surface area contributed by atoms with Crippen LogP contribution in [0.4, 0.5) is 0 Å². The SMILES string of the molecule is COc1ccc(CNCCOc2ccc(Br)cc2)c(OC)c1OC. The Kier molecular flexibility index (Phi) is 7.21. The van der Waals surface area contributed by atoms with E-state index in [0.717, 1.165) is 15.8 Å². The first-order chi connectivity index (χ1) is 11.7. The predicted molar refractivity (Wildman–Crippen MR) is 97.4 cm³/mol. The molecule has 0 heterocycles. The summed E-state index contributed by atoms with van der Waals surface area (Å²) >= 11 is 3.40. The zero-order valence-electron chi connectivity index (χ0n) is 14.1. The van der Waals surface area contributed by atoms with Gasteiger partial charge in [-0.15, -0.1) is 0 Å². The summed E-state index contributed by atoms with van der Waals surface area (Å²) in [5.74, 6) is 2.78. The second kappa shape index (κ2) is 9.39. The first kappa shape index (κ1) is 18.4. The van der Waals surface area contributed by atoms with Crippen LogP contribution in [0.3, 0.4) is 0 Å². The standard InChI is InChI=1S/C18H22BrNO4/c1-21-16-9-4-13(17(22-2)18(16)23-3)12-20-10-11-24-15-7-5-14(19)6-8-15/h4-9,20H,10-12H2,1-3H3. The Morgan fingerprint density at radius 2 is 1.58 bits per heavy atom. The first-order valence-corrected chi connectivity index (χ1v) is 8.35. The van der Waals surface area contributed by atoms with Crippen LogP contribution >= 0.6 is 15.9 Å². The summed E-state index contributed by atoms with van der Waals surface area (Å²) in [6.07, 6.45) is 0. The second-order valence-electron chi connectivity index (χ2n) is 4.97. The lowest BCUT2D eigenvalue weighted by molar-refractivity contribution is 0.310. The molecule has 1 N–H and O–H groups in total. The summed E-state index contributed by atoms with van der Waals surface area (Å²) in [7, 11) is 4.83. The minimum Gasteiger partial charge on any atom is -0.493 e. The Balaban J connectivity index is 1.86. The predicted octanol–water partition coefficient (Wildman–Crippen LogP) is 3.64. The minimum absolute atomic E-state index is 0.581. The molecule has 2 aromatic carbocycles. The van der Waals surface area contributed by atoms with E-state index < -0.39 is 0 Å². The highest BCUT2D eigenvalue weighted by molar-refractivity contribution is 9.10. The molecule has 2 rings (SSSR count). The number of hydrogen-bond acceptors (Lipinski definition) is 5. The molecule has 24 heavy (non-hydrogen) atoms. The monoisotopic (exact) mass is 395 g/mol. The molecule has 130 valence electrons. The normalized spacial score (nSPS) is 10.3. The summed E-state index contributed by atoms with van der Waals surface area (Å²) < 4.78 is 22.9. The first-order valence-electron chi connectivity index (χ1n) is 7.56. The van der Waals surface area contributed by atoms with Crippen molar-refractivity contribution < 1.29 is 18.9 Å². The molecule has 0 bridgehead atoms. The van der Waals surface area contributed by atoms with Gasteiger partial charge in [0.15, 0.2) is 11.5 Å². The average Bonchev–Trinajstić information content (AvgIpc) is 2.62. The van der Waals surface area contributed by atoms with E-state index >= 15 is 0 Å². The number of rotatable bonds is 9. The molecule has 0 aliphatic heterocycles. The molecular formula is C18H22BrNO4. The molecule has 0 atom stereocenters. The average molecular weight is 396 g/mol. The number of benzene rings is 2. The summed E-state index contributed by atoms with van der Waals surface area (Å²) in [4.78, 5) is 0. The van der Waals surface area contributed by atoms with Crippen molar-refractivity contribution >= 4 is 15.9 Å². The van der Waals surface area contributed by atoms with Crippen molar-refractivity contribution in [3.05, 3.63) is 46.4 Å². The third-order valence-corrected chi connectivity index (χ3v) is 3.99. The molecule has 2 aromatic rings. The Morgan fingerprint density at radius 1 is 0.875 bits per heavy atom. The lowest BCUT2D eigenvalue weighted by Crippen LogP contribution is -2.21. The Bertz CT molecular complexity index is 646. The van der Waals surface area contributed by atoms with Crippen LogP contribution in [0.25, 0.3) is 0 Å². The van der Waals surface area contributed by atoms with Crippen molar-refractivity contribution in [1.29, 1.82) is 0 Å². The van der Waals surface area contributed by atoms with E-state index in [0.29, 0.717) is 36.9 Å². The summed E-state index contributed by atoms with van der Waals surface area (Å²) in [5.41, 5.74) is 0.999. The lowest BCUT2D eigenvalue weighted by Gasteiger charge is -2.16. The Hall–Kier alpha value is -1.92. The lowest BCUT2D eigenvalue weighted by atomic mass is 10.1. The molecule has 0 amide bonds. The van der Waals surface area contributed by atoms with Gasteiger partial charge in [0.2, 0.25) is 5.75 Å². The zero-order valence-corrected chi connectivity index (χ0v) is 15.7. The smallest absolute Gasteiger partial charge is 0.203 e. The highest BCUT2D eigenvalue weighted by atomic mass is 79.9. The van der Waals surface area contributed by atoms with Gasteiger partial charge < -0.3 is 24.3 Å². The zero-order chi connectivity index (χ0) is 17.4. The fourth-order valence-electron chi connectivity index (χ4n) is 2.30. The van der Waals surface area contributed by atoms with Crippen molar-refractivity contribution in [2.24, 2.45) is 0 Å². The van der Waals surface area contributed by atoms with Crippen LogP contribution < -0.4 is 24.3 Å². The van der Waals surface area contributed by atoms with E-state index in [-0.39, 0.29) is 0 Å². The quantitative estimate of drug-likeness (QED) is 0.656. The van der Waals surface area contributed by atoms with E-state index in [1.165, 1.54) is 0 Å². The number of ether oxygens (including phenoxy) is 4. The van der Waals surface area contributed by atoms with Crippen LogP contribution in [0.5, 0.6) is 23.0 Å². The number of methoxy groups -OCH3 is 3. The largest absolute Gasteiger partial charge is 0.493 e. The Labute approximate surface area is 151 Å². The maximum absolute atomic E-state index is 5.68. The highest BCUT2D eigenvalue weighted by Gasteiger charge is 2.15. The molecule has 0 radical (unpaired) electrons. The third kappa shape index (κ3) is 4.79. The molecule has 0 fully saturated rings. The van der Waals surface area contributed by atoms with Crippen LogP contribution in [0, 0.1) is 0 Å². The highest BCUT2D eigenvalue weighted by Crippen LogP contribution is 2.39. The number of nitrogens with one attached hydrogen (secondary N) is 1. The van der Waals surface area contributed by atoms with Gasteiger partial charge in [-0.25, -0.2) is 0 Å². The molecule has 0 aliphatic rings. The Morgan fingerprint density at radius 3 is 2.21 bits per heavy atom. The molecule has 0 unspecified atom stereocenters. The summed E-state index contributed by atoms with van der Waals surface area (Å²) in [6.45, 7) is 1.94. The molecule has 6 heteroatoms. The summed E-state index contributed by atoms with van der Waals surface area (Å²) in [6, 6.07) is 11.6. The molecular weight excluding hydrogens is 374 g/mol. The molecule has 5 nitrogen and oxygen atoms in total. The fourth-order valence-corrected chi connectivity index (χ4v) is 2.56. The van der Waals surface area contributed by atoms with Crippen molar-refractivity contribution in [3.63, 3.8) is 0 Å². The van der Waals surface area contributed by atoms with Crippen LogP contribution in [0.15, 0.2) is 40.9 Å². The van der Waals surface area contributed by atoms with Crippen molar-refractivity contribution in [1.82, 2.24) is 5.32 Å². The van der Waals surface area contributed by atoms with Crippen LogP contribution in [-0.2, 0) is 6.54 Å². The second-order valence-corrected chi connectivity index (χ2v) is 5.89. The van der Waals surface area contributed by atoms with Crippen LogP contribution in [0.2, 0.25) is 0 Å². The molecule has 0 aromatic heterocycles. The van der Waals surface area contributed by atoms with Crippen molar-refractivity contribution in [3.8, 4) is 23.0 Å². The van der Waals surface area contributed by atoms with Crippen molar-refractivity contribution in [2.75, 3.05) is 34.5 Å². The molecule has 0 saturated carbocycles. The van der Waals surface area contributed by atoms with Gasteiger partial charge >= 0.3 is 0 Å². The van der Waals surface area contributed by atoms with Gasteiger partial charge in [0.05, 0.1) is 21.3 Å². The van der Waals surface area contributed by atoms with Gasteiger partial charge in [-0.3, -0.25) is 0 Å². The maximum atomic E-state index is 5.68. The van der Waals surface area contributed by atoms with E-state index in [4.69, 9.17) is 18.9 Å². The molecule has 0 spiro atoms. The fraction of sp³-hybridized carbons (Fsp3) is 0.333. The van der Waals surface area contributed by atoms with E-state index in [2.05, 4.69) is 21.2 Å². The van der Waals surface area contributed by atoms with Gasteiger partial charge in [0, 0.05) is 23.1 Å². The topological polar surface area (TPSA) is 49.0 Å². The van der Waals surface area contributed by atoms with Gasteiger partial charge in [0.1, 0.15) is 12.4 Å². The van der Waals surface area contributed by atoms with E-state index in [1.54, 1.807) is 21.3 Å². The maximum Gasteiger partial charge on any atom is 0.203 e.